The van der Waals surface area contributed by atoms with Crippen LogP contribution >= 0.6 is 0 Å². The molecule has 1 aliphatic carbocycles. The van der Waals surface area contributed by atoms with E-state index in [0.717, 1.165) is 5.56 Å². The van der Waals surface area contributed by atoms with Crippen LogP contribution < -0.4 is 18.9 Å². The summed E-state index contributed by atoms with van der Waals surface area (Å²) in [6, 6.07) is 11.1. The van der Waals surface area contributed by atoms with Gasteiger partial charge in [-0.2, -0.15) is 0 Å². The number of nitrogens with zero attached hydrogens (tertiary/aromatic N) is 1. The molecule has 8 nitrogen and oxygen atoms in total. The molecular formula is C30H35NO7. The maximum absolute atomic E-state index is 13.9. The monoisotopic (exact) mass is 521 g/mol. The van der Waals surface area contributed by atoms with Crippen molar-refractivity contribution in [2.24, 2.45) is 10.9 Å². The van der Waals surface area contributed by atoms with Gasteiger partial charge in [0, 0.05) is 34.9 Å². The van der Waals surface area contributed by atoms with Crippen LogP contribution in [0.15, 0.2) is 52.7 Å². The lowest BCUT2D eigenvalue weighted by atomic mass is 9.69. The van der Waals surface area contributed by atoms with Gasteiger partial charge in [-0.25, -0.2) is 0 Å². The second-order valence-electron chi connectivity index (χ2n) is 9.49. The summed E-state index contributed by atoms with van der Waals surface area (Å²) < 4.78 is 27.6. The standard InChI is InChI=1S/C30H35NO7/c1-7-12-38-30(33)27-17(2)31-22-13-19(18-8-10-25(36-5)26(15-18)37-6)14-23(32)29(22)28(27)21-16-20(34-3)9-11-24(21)35-4/h8-11,15-16,19,27-28H,7,12-14H2,1-6H3/t19-,27?,28+/m0/s1. The zero-order valence-electron chi connectivity index (χ0n) is 22.8. The summed E-state index contributed by atoms with van der Waals surface area (Å²) in [7, 11) is 6.33. The van der Waals surface area contributed by atoms with Gasteiger partial charge in [-0.1, -0.05) is 13.0 Å². The Bertz CT molecular complexity index is 1280. The highest BCUT2D eigenvalue weighted by Gasteiger charge is 2.46. The Labute approximate surface area is 223 Å². The average molecular weight is 522 g/mol. The number of carbonyl (C=O) groups excluding carboxylic acids is 2. The Morgan fingerprint density at radius 2 is 1.63 bits per heavy atom. The quantitative estimate of drug-likeness (QED) is 0.416. The van der Waals surface area contributed by atoms with Crippen LogP contribution in [0, 0.1) is 5.92 Å². The molecule has 0 bridgehead atoms. The van der Waals surface area contributed by atoms with Crippen LogP contribution in [0.2, 0.25) is 0 Å². The fourth-order valence-corrected chi connectivity index (χ4v) is 5.42. The number of Topliss-reactive ketones (excluding diaryl/α,β-unsaturated/α-hetero) is 1. The van der Waals surface area contributed by atoms with Crippen LogP contribution in [0.1, 0.15) is 56.1 Å². The third-order valence-corrected chi connectivity index (χ3v) is 7.24. The lowest BCUT2D eigenvalue weighted by Gasteiger charge is -2.37. The summed E-state index contributed by atoms with van der Waals surface area (Å²) in [4.78, 5) is 32.1. The van der Waals surface area contributed by atoms with Gasteiger partial charge in [0.05, 0.1) is 35.0 Å². The number of carbonyl (C=O) groups is 2. The van der Waals surface area contributed by atoms with Gasteiger partial charge in [0.15, 0.2) is 17.3 Å². The molecule has 0 spiro atoms. The minimum Gasteiger partial charge on any atom is -0.497 e. The maximum atomic E-state index is 13.9. The first kappa shape index (κ1) is 27.2. The molecule has 2 aromatic carbocycles. The summed E-state index contributed by atoms with van der Waals surface area (Å²) in [5, 5.41) is 0. The minimum atomic E-state index is -0.747. The molecule has 2 aromatic rings. The molecule has 4 rings (SSSR count). The van der Waals surface area contributed by atoms with Crippen molar-refractivity contribution in [2.45, 2.75) is 44.9 Å². The van der Waals surface area contributed by atoms with Crippen molar-refractivity contribution in [3.63, 3.8) is 0 Å². The van der Waals surface area contributed by atoms with Gasteiger partial charge in [-0.05, 0) is 61.6 Å². The number of allylic oxidation sites excluding steroid dienone is 2. The van der Waals surface area contributed by atoms with E-state index in [1.807, 2.05) is 38.1 Å². The molecule has 0 saturated heterocycles. The highest BCUT2D eigenvalue weighted by Crippen LogP contribution is 2.49. The van der Waals surface area contributed by atoms with Gasteiger partial charge >= 0.3 is 5.97 Å². The van der Waals surface area contributed by atoms with E-state index in [2.05, 4.69) is 0 Å². The fraction of sp³-hybridized carbons (Fsp3) is 0.433. The summed E-state index contributed by atoms with van der Waals surface area (Å²) in [5.74, 6) is 0.528. The van der Waals surface area contributed by atoms with E-state index < -0.39 is 17.8 Å². The molecule has 1 heterocycles. The zero-order chi connectivity index (χ0) is 27.4. The Kier molecular flexibility index (Phi) is 8.39. The molecule has 0 N–H and O–H groups in total. The van der Waals surface area contributed by atoms with Crippen molar-refractivity contribution in [2.75, 3.05) is 35.0 Å². The normalized spacial score (nSPS) is 20.8. The number of esters is 1. The smallest absolute Gasteiger partial charge is 0.315 e. The number of rotatable bonds is 9. The Morgan fingerprint density at radius 3 is 2.29 bits per heavy atom. The van der Waals surface area contributed by atoms with E-state index in [4.69, 9.17) is 28.7 Å². The van der Waals surface area contributed by atoms with E-state index in [1.54, 1.807) is 40.6 Å². The van der Waals surface area contributed by atoms with Crippen molar-refractivity contribution < 1.29 is 33.3 Å². The van der Waals surface area contributed by atoms with Gasteiger partial charge in [-0.3, -0.25) is 14.6 Å². The Balaban J connectivity index is 1.83. The molecular weight excluding hydrogens is 486 g/mol. The second-order valence-corrected chi connectivity index (χ2v) is 9.49. The van der Waals surface area contributed by atoms with E-state index in [1.165, 1.54) is 0 Å². The summed E-state index contributed by atoms with van der Waals surface area (Å²) in [6.07, 6.45) is 1.53. The van der Waals surface area contributed by atoms with Crippen molar-refractivity contribution in [3.8, 4) is 23.0 Å². The average Bonchev–Trinajstić information content (AvgIpc) is 2.94. The number of ether oxygens (including phenoxy) is 5. The molecule has 202 valence electrons. The SMILES string of the molecule is CCCOC(=O)C1C(C)=NC2=C(C(=O)C[C@@H](c3ccc(OC)c(OC)c3)C2)[C@@H]1c1cc(OC)ccc1OC. The number of aliphatic imine (C=N–C) groups is 1. The predicted molar refractivity (Wildman–Crippen MR) is 144 cm³/mol. The summed E-state index contributed by atoms with van der Waals surface area (Å²) >= 11 is 0. The number of hydrogen-bond acceptors (Lipinski definition) is 8. The van der Waals surface area contributed by atoms with Crippen LogP contribution in [0.4, 0.5) is 0 Å². The van der Waals surface area contributed by atoms with E-state index >= 15 is 0 Å². The number of methoxy groups -OCH3 is 4. The number of ketones is 1. The lowest BCUT2D eigenvalue weighted by molar-refractivity contribution is -0.146. The topological polar surface area (TPSA) is 92.7 Å². The van der Waals surface area contributed by atoms with Crippen LogP contribution in [0.5, 0.6) is 23.0 Å². The molecule has 1 aliphatic heterocycles. The van der Waals surface area contributed by atoms with Gasteiger partial charge in [0.2, 0.25) is 0 Å². The van der Waals surface area contributed by atoms with Crippen molar-refractivity contribution in [1.82, 2.24) is 0 Å². The molecule has 8 heteroatoms. The highest BCUT2D eigenvalue weighted by molar-refractivity contribution is 6.09. The first-order chi connectivity index (χ1) is 18.4. The maximum Gasteiger partial charge on any atom is 0.315 e. The first-order valence-electron chi connectivity index (χ1n) is 12.8. The van der Waals surface area contributed by atoms with Crippen molar-refractivity contribution >= 4 is 17.5 Å². The van der Waals surface area contributed by atoms with Gasteiger partial charge in [-0.15, -0.1) is 0 Å². The van der Waals surface area contributed by atoms with Crippen molar-refractivity contribution in [1.29, 1.82) is 0 Å². The van der Waals surface area contributed by atoms with E-state index in [9.17, 15) is 9.59 Å². The molecule has 0 radical (unpaired) electrons. The summed E-state index contributed by atoms with van der Waals surface area (Å²) in [6.45, 7) is 4.06. The van der Waals surface area contributed by atoms with Crippen LogP contribution in [-0.4, -0.2) is 52.5 Å². The Morgan fingerprint density at radius 1 is 0.921 bits per heavy atom. The molecule has 1 unspecified atom stereocenters. The Hall–Kier alpha value is -3.81. The largest absolute Gasteiger partial charge is 0.497 e. The molecule has 38 heavy (non-hydrogen) atoms. The highest BCUT2D eigenvalue weighted by atomic mass is 16.5. The predicted octanol–water partition coefficient (Wildman–Crippen LogP) is 5.25. The van der Waals surface area contributed by atoms with Gasteiger partial charge in [0.25, 0.3) is 0 Å². The lowest BCUT2D eigenvalue weighted by Crippen LogP contribution is -2.38. The molecule has 3 atom stereocenters. The molecule has 0 fully saturated rings. The first-order valence-corrected chi connectivity index (χ1v) is 12.8. The third-order valence-electron chi connectivity index (χ3n) is 7.24. The molecule has 0 aromatic heterocycles. The molecule has 0 amide bonds. The zero-order valence-corrected chi connectivity index (χ0v) is 22.8. The third kappa shape index (κ3) is 5.12. The van der Waals surface area contributed by atoms with E-state index in [-0.39, 0.29) is 18.1 Å². The number of hydrogen-bond donors (Lipinski definition) is 0. The van der Waals surface area contributed by atoms with Crippen molar-refractivity contribution in [3.05, 3.63) is 58.8 Å². The van der Waals surface area contributed by atoms with Crippen LogP contribution in [0.25, 0.3) is 0 Å². The fourth-order valence-electron chi connectivity index (χ4n) is 5.42. The van der Waals surface area contributed by atoms with Gasteiger partial charge in [0.1, 0.15) is 17.4 Å². The minimum absolute atomic E-state index is 0.0505. The number of benzene rings is 2. The van der Waals surface area contributed by atoms with Gasteiger partial charge < -0.3 is 23.7 Å². The molecule has 2 aliphatic rings. The van der Waals surface area contributed by atoms with Crippen LogP contribution in [0.3, 0.4) is 0 Å². The van der Waals surface area contributed by atoms with Crippen LogP contribution in [-0.2, 0) is 14.3 Å². The molecule has 0 saturated carbocycles. The van der Waals surface area contributed by atoms with E-state index in [0.29, 0.717) is 65.0 Å². The summed E-state index contributed by atoms with van der Waals surface area (Å²) in [5.41, 5.74) is 3.51. The second kappa shape index (κ2) is 11.7.